The summed E-state index contributed by atoms with van der Waals surface area (Å²) in [6.45, 7) is 5.52. The smallest absolute Gasteiger partial charge is 0.407 e. The Balaban J connectivity index is 1.43. The van der Waals surface area contributed by atoms with Gasteiger partial charge in [-0.25, -0.2) is 9.18 Å². The molecule has 0 bridgehead atoms. The first-order chi connectivity index (χ1) is 17.4. The maximum atomic E-state index is 13.4. The van der Waals surface area contributed by atoms with Crippen LogP contribution in [0, 0.1) is 5.82 Å². The zero-order chi connectivity index (χ0) is 25.2. The highest BCUT2D eigenvalue weighted by molar-refractivity contribution is 5.94. The van der Waals surface area contributed by atoms with Gasteiger partial charge in [-0.05, 0) is 42.5 Å². The number of amides is 2. The lowest BCUT2D eigenvalue weighted by Crippen LogP contribution is -2.56. The van der Waals surface area contributed by atoms with Crippen molar-refractivity contribution in [3.05, 3.63) is 59.4 Å². The molecule has 2 N–H and O–H groups in total. The van der Waals surface area contributed by atoms with Crippen molar-refractivity contribution in [2.45, 2.75) is 24.5 Å². The van der Waals surface area contributed by atoms with Crippen molar-refractivity contribution < 1.29 is 28.6 Å². The number of nitrogens with one attached hydrogen (secondary N) is 1. The van der Waals surface area contributed by atoms with E-state index in [0.717, 1.165) is 50.6 Å². The Bertz CT molecular complexity index is 1100. The van der Waals surface area contributed by atoms with E-state index in [2.05, 4.69) is 15.1 Å². The van der Waals surface area contributed by atoms with E-state index in [-0.39, 0.29) is 0 Å². The second-order valence-corrected chi connectivity index (χ2v) is 9.49. The normalized spacial score (nSPS) is 22.6. The minimum Gasteiger partial charge on any atom is -0.493 e. The minimum atomic E-state index is -1.09. The molecule has 3 aliphatic heterocycles. The molecule has 5 rings (SSSR count). The molecule has 2 aromatic rings. The Morgan fingerprint density at radius 1 is 1.08 bits per heavy atom. The summed E-state index contributed by atoms with van der Waals surface area (Å²) in [5.74, 6) is -0.217. The second-order valence-electron chi connectivity index (χ2n) is 9.49. The monoisotopic (exact) mass is 498 g/mol. The first kappa shape index (κ1) is 24.3. The Morgan fingerprint density at radius 2 is 1.81 bits per heavy atom. The summed E-state index contributed by atoms with van der Waals surface area (Å²) < 4.78 is 24.7. The van der Waals surface area contributed by atoms with E-state index in [4.69, 9.17) is 9.47 Å². The third kappa shape index (κ3) is 4.96. The number of likely N-dealkylation sites (N-methyl/N-ethyl adjacent to an activating group) is 1. The molecule has 2 aromatic carbocycles. The second kappa shape index (κ2) is 10.3. The fourth-order valence-electron chi connectivity index (χ4n) is 5.11. The Morgan fingerprint density at radius 3 is 2.44 bits per heavy atom. The molecule has 9 nitrogen and oxygen atoms in total. The van der Waals surface area contributed by atoms with Gasteiger partial charge in [0, 0.05) is 56.5 Å². The third-order valence-electron chi connectivity index (χ3n) is 7.39. The lowest BCUT2D eigenvalue weighted by molar-refractivity contribution is -0.0660. The van der Waals surface area contributed by atoms with E-state index in [1.165, 1.54) is 36.2 Å². The summed E-state index contributed by atoms with van der Waals surface area (Å²) in [4.78, 5) is 31.0. The molecule has 2 amide bonds. The van der Waals surface area contributed by atoms with E-state index >= 15 is 0 Å². The number of fused-ring (bicyclic) bond motifs is 1. The summed E-state index contributed by atoms with van der Waals surface area (Å²) in [6.07, 6.45) is -0.680. The molecule has 36 heavy (non-hydrogen) atoms. The quantitative estimate of drug-likeness (QED) is 0.655. The van der Waals surface area contributed by atoms with Crippen molar-refractivity contribution in [2.24, 2.45) is 0 Å². The van der Waals surface area contributed by atoms with Crippen LogP contribution < -0.4 is 15.0 Å². The number of carbonyl (C=O) groups is 2. The molecule has 0 spiro atoms. The molecule has 0 aliphatic carbocycles. The molecule has 2 fully saturated rings. The highest BCUT2D eigenvalue weighted by atomic mass is 19.1. The standard InChI is InChI=1S/C26H31FN4O5/c1-29(26(33)34)22-8-13-36-23-7-6-19(30-9-11-31(12-10-30)20-15-35-16-20)14-21(23)24(22)28-25(32)17-2-4-18(27)5-3-17/h2-7,14,20,22,24H,8-13,15-16H2,1H3,(H,28,32)(H,33,34)/t22-,24+/m0/s1. The van der Waals surface area contributed by atoms with Crippen LogP contribution in [0.2, 0.25) is 0 Å². The SMILES string of the molecule is CN(C(=O)O)[C@H]1CCOc2ccc(N3CCN(C4COC4)CC3)cc2[C@H]1NC(=O)c1ccc(F)cc1. The van der Waals surface area contributed by atoms with Crippen LogP contribution in [0.4, 0.5) is 14.9 Å². The number of carbonyl (C=O) groups excluding carboxylic acids is 1. The summed E-state index contributed by atoms with van der Waals surface area (Å²) in [6, 6.07) is 10.5. The fourth-order valence-corrected chi connectivity index (χ4v) is 5.11. The van der Waals surface area contributed by atoms with Gasteiger partial charge in [-0.3, -0.25) is 9.69 Å². The van der Waals surface area contributed by atoms with Gasteiger partial charge in [0.1, 0.15) is 11.6 Å². The number of benzene rings is 2. The average molecular weight is 499 g/mol. The molecule has 192 valence electrons. The van der Waals surface area contributed by atoms with Gasteiger partial charge < -0.3 is 29.7 Å². The van der Waals surface area contributed by atoms with E-state index in [1.807, 2.05) is 18.2 Å². The zero-order valence-electron chi connectivity index (χ0n) is 20.2. The molecule has 0 saturated carbocycles. The van der Waals surface area contributed by atoms with Gasteiger partial charge in [-0.1, -0.05) is 0 Å². The first-order valence-corrected chi connectivity index (χ1v) is 12.3. The van der Waals surface area contributed by atoms with Crippen LogP contribution in [0.3, 0.4) is 0 Å². The minimum absolute atomic E-state index is 0.298. The van der Waals surface area contributed by atoms with Gasteiger partial charge in [0.15, 0.2) is 0 Å². The molecule has 3 heterocycles. The van der Waals surface area contributed by atoms with Crippen LogP contribution in [0.1, 0.15) is 28.4 Å². The van der Waals surface area contributed by atoms with Gasteiger partial charge in [-0.2, -0.15) is 0 Å². The molecule has 0 aromatic heterocycles. The van der Waals surface area contributed by atoms with Gasteiger partial charge in [0.05, 0.1) is 37.9 Å². The van der Waals surface area contributed by atoms with Crippen molar-refractivity contribution in [2.75, 3.05) is 57.9 Å². The highest BCUT2D eigenvalue weighted by Crippen LogP contribution is 2.37. The lowest BCUT2D eigenvalue weighted by Gasteiger charge is -2.43. The number of nitrogens with zero attached hydrogens (tertiary/aromatic N) is 3. The fraction of sp³-hybridized carbons (Fsp3) is 0.462. The molecular formula is C26H31FN4O5. The molecule has 0 unspecified atom stereocenters. The van der Waals surface area contributed by atoms with Gasteiger partial charge >= 0.3 is 6.09 Å². The summed E-state index contributed by atoms with van der Waals surface area (Å²) in [5.41, 5.74) is 2.03. The molecule has 3 aliphatic rings. The van der Waals surface area contributed by atoms with Crippen LogP contribution in [0.5, 0.6) is 5.75 Å². The van der Waals surface area contributed by atoms with Crippen molar-refractivity contribution >= 4 is 17.7 Å². The molecule has 10 heteroatoms. The number of ether oxygens (including phenoxy) is 2. The Labute approximate surface area is 209 Å². The number of rotatable bonds is 5. The van der Waals surface area contributed by atoms with E-state index in [1.54, 1.807) is 0 Å². The molecule has 2 saturated heterocycles. The van der Waals surface area contributed by atoms with Crippen molar-refractivity contribution in [3.63, 3.8) is 0 Å². The average Bonchev–Trinajstić information content (AvgIpc) is 3.02. The van der Waals surface area contributed by atoms with Gasteiger partial charge in [0.2, 0.25) is 0 Å². The number of carboxylic acid groups (broad SMARTS) is 1. The van der Waals surface area contributed by atoms with Crippen molar-refractivity contribution in [3.8, 4) is 5.75 Å². The zero-order valence-corrected chi connectivity index (χ0v) is 20.2. The first-order valence-electron chi connectivity index (χ1n) is 12.3. The number of anilines is 1. The van der Waals surface area contributed by atoms with Crippen LogP contribution >= 0.6 is 0 Å². The van der Waals surface area contributed by atoms with E-state index in [0.29, 0.717) is 30.4 Å². The largest absolute Gasteiger partial charge is 0.493 e. The molecule has 2 atom stereocenters. The highest BCUT2D eigenvalue weighted by Gasteiger charge is 2.36. The maximum Gasteiger partial charge on any atom is 0.407 e. The van der Waals surface area contributed by atoms with Gasteiger partial charge in [0.25, 0.3) is 5.91 Å². The Kier molecular flexibility index (Phi) is 6.97. The van der Waals surface area contributed by atoms with Crippen LogP contribution in [0.25, 0.3) is 0 Å². The number of hydrogen-bond acceptors (Lipinski definition) is 6. The summed E-state index contributed by atoms with van der Waals surface area (Å²) >= 11 is 0. The number of halogens is 1. The maximum absolute atomic E-state index is 13.4. The van der Waals surface area contributed by atoms with Crippen molar-refractivity contribution in [1.29, 1.82) is 0 Å². The number of piperazine rings is 1. The number of hydrogen-bond donors (Lipinski definition) is 2. The van der Waals surface area contributed by atoms with E-state index < -0.39 is 29.9 Å². The summed E-state index contributed by atoms with van der Waals surface area (Å²) in [7, 11) is 1.50. The third-order valence-corrected chi connectivity index (χ3v) is 7.39. The molecule has 0 radical (unpaired) electrons. The summed E-state index contributed by atoms with van der Waals surface area (Å²) in [5, 5.41) is 12.8. The topological polar surface area (TPSA) is 94.6 Å². The Hall–Kier alpha value is -3.37. The van der Waals surface area contributed by atoms with Crippen molar-refractivity contribution in [1.82, 2.24) is 15.1 Å². The predicted molar refractivity (Wildman–Crippen MR) is 131 cm³/mol. The van der Waals surface area contributed by atoms with Crippen LogP contribution in [0.15, 0.2) is 42.5 Å². The molecular weight excluding hydrogens is 467 g/mol. The van der Waals surface area contributed by atoms with Gasteiger partial charge in [-0.15, -0.1) is 0 Å². The van der Waals surface area contributed by atoms with Crippen LogP contribution in [-0.2, 0) is 4.74 Å². The lowest BCUT2D eigenvalue weighted by atomic mass is 9.95. The predicted octanol–water partition coefficient (Wildman–Crippen LogP) is 2.58. The van der Waals surface area contributed by atoms with Crippen LogP contribution in [-0.4, -0.2) is 92.0 Å². The van der Waals surface area contributed by atoms with E-state index in [9.17, 15) is 19.1 Å².